The Kier molecular flexibility index (Phi) is 2.10. The van der Waals surface area contributed by atoms with Crippen molar-refractivity contribution in [3.8, 4) is 0 Å². The van der Waals surface area contributed by atoms with Gasteiger partial charge in [0.25, 0.3) is 0 Å². The number of hydrogen-bond acceptors (Lipinski definition) is 3. The second-order valence-electron chi connectivity index (χ2n) is 1.28. The SMILES string of the molecule is [2H]C(C(C)=O)C(=O)OC. The molecule has 0 aliphatic heterocycles. The summed E-state index contributed by atoms with van der Waals surface area (Å²) in [6, 6.07) is 0. The highest BCUT2D eigenvalue weighted by Crippen LogP contribution is 1.83. The molecule has 0 aliphatic carbocycles. The number of methoxy groups -OCH3 is 1. The number of carbonyl (C=O) groups is 2. The lowest BCUT2D eigenvalue weighted by atomic mass is 10.3. The normalized spacial score (nSPS) is 14.0. The van der Waals surface area contributed by atoms with Crippen LogP contribution in [-0.2, 0) is 14.3 Å². The molecule has 0 bridgehead atoms. The zero-order chi connectivity index (χ0) is 7.44. The second kappa shape index (κ2) is 3.18. The molecule has 8 heavy (non-hydrogen) atoms. The molecule has 1 atom stereocenters. The summed E-state index contributed by atoms with van der Waals surface area (Å²) in [6.45, 7) is 1.18. The van der Waals surface area contributed by atoms with Gasteiger partial charge in [-0.25, -0.2) is 0 Å². The summed E-state index contributed by atoms with van der Waals surface area (Å²) < 4.78 is 10.9. The van der Waals surface area contributed by atoms with Crippen molar-refractivity contribution in [2.75, 3.05) is 7.11 Å². The minimum absolute atomic E-state index is 0.498. The van der Waals surface area contributed by atoms with Crippen molar-refractivity contribution >= 4 is 11.8 Å². The zero-order valence-corrected chi connectivity index (χ0v) is 4.80. The smallest absolute Gasteiger partial charge is 0.313 e. The van der Waals surface area contributed by atoms with Gasteiger partial charge in [-0.2, -0.15) is 0 Å². The molecule has 46 valence electrons. The minimum atomic E-state index is -1.37. The maximum atomic E-state index is 10.3. The van der Waals surface area contributed by atoms with Gasteiger partial charge < -0.3 is 4.74 Å². The molecule has 0 radical (unpaired) electrons. The maximum Gasteiger partial charge on any atom is 0.313 e. The van der Waals surface area contributed by atoms with Crippen LogP contribution in [0.5, 0.6) is 0 Å². The molecule has 0 aromatic heterocycles. The molecule has 0 N–H and O–H groups in total. The fourth-order valence-corrected chi connectivity index (χ4v) is 0.225. The van der Waals surface area contributed by atoms with Gasteiger partial charge in [-0.15, -0.1) is 0 Å². The van der Waals surface area contributed by atoms with E-state index in [1.54, 1.807) is 0 Å². The molecule has 0 saturated carbocycles. The lowest BCUT2D eigenvalue weighted by Gasteiger charge is -1.90. The van der Waals surface area contributed by atoms with E-state index in [4.69, 9.17) is 1.37 Å². The van der Waals surface area contributed by atoms with E-state index in [0.29, 0.717) is 0 Å². The predicted octanol–water partition coefficient (Wildman–Crippen LogP) is 0.138. The van der Waals surface area contributed by atoms with Crippen LogP contribution in [0.2, 0.25) is 0 Å². The Morgan fingerprint density at radius 1 is 1.75 bits per heavy atom. The highest BCUT2D eigenvalue weighted by molar-refractivity contribution is 5.93. The van der Waals surface area contributed by atoms with Gasteiger partial charge >= 0.3 is 5.97 Å². The molecule has 0 aliphatic rings. The number of ether oxygens (including phenoxy) is 1. The summed E-state index contributed by atoms with van der Waals surface area (Å²) in [5.74, 6) is -1.30. The predicted molar refractivity (Wildman–Crippen MR) is 27.3 cm³/mol. The molecular formula is C5H8O3. The molecule has 0 rings (SSSR count). The van der Waals surface area contributed by atoms with Crippen molar-refractivity contribution in [2.24, 2.45) is 0 Å². The van der Waals surface area contributed by atoms with Crippen LogP contribution in [0.25, 0.3) is 0 Å². The standard InChI is InChI=1S/C5H8O3/c1-4(6)3-5(7)8-2/h3H2,1-2H3/i3D. The van der Waals surface area contributed by atoms with Crippen LogP contribution in [0.4, 0.5) is 0 Å². The molecule has 0 heterocycles. The van der Waals surface area contributed by atoms with Crippen LogP contribution in [0, 0.1) is 0 Å². The average molecular weight is 117 g/mol. The molecule has 0 saturated heterocycles. The van der Waals surface area contributed by atoms with Gasteiger partial charge in [-0.1, -0.05) is 0 Å². The van der Waals surface area contributed by atoms with Crippen LogP contribution in [0.15, 0.2) is 0 Å². The Bertz CT molecular complexity index is 132. The van der Waals surface area contributed by atoms with Crippen LogP contribution in [-0.4, -0.2) is 18.9 Å². The summed E-state index contributed by atoms with van der Waals surface area (Å²) in [4.78, 5) is 20.6. The highest BCUT2D eigenvalue weighted by atomic mass is 16.5. The lowest BCUT2D eigenvalue weighted by Crippen LogP contribution is -2.05. The Labute approximate surface area is 49.0 Å². The summed E-state index contributed by atoms with van der Waals surface area (Å²) in [5.41, 5.74) is 0. The largest absolute Gasteiger partial charge is 0.469 e. The Hall–Kier alpha value is -0.860. The fraction of sp³-hybridized carbons (Fsp3) is 0.600. The van der Waals surface area contributed by atoms with Crippen LogP contribution < -0.4 is 0 Å². The van der Waals surface area contributed by atoms with Gasteiger partial charge in [-0.05, 0) is 6.92 Å². The van der Waals surface area contributed by atoms with Gasteiger partial charge in [0.1, 0.15) is 12.2 Å². The lowest BCUT2D eigenvalue weighted by molar-refractivity contribution is -0.142. The first kappa shape index (κ1) is 5.28. The Morgan fingerprint density at radius 2 is 2.25 bits per heavy atom. The highest BCUT2D eigenvalue weighted by Gasteiger charge is 2.01. The van der Waals surface area contributed by atoms with Crippen LogP contribution >= 0.6 is 0 Å². The van der Waals surface area contributed by atoms with E-state index in [2.05, 4.69) is 4.74 Å². The molecule has 3 heteroatoms. The Morgan fingerprint density at radius 3 is 2.38 bits per heavy atom. The first-order valence-corrected chi connectivity index (χ1v) is 2.10. The first-order chi connectivity index (χ1) is 4.09. The average Bonchev–Trinajstić information content (AvgIpc) is 1.84. The molecule has 0 amide bonds. The number of esters is 1. The van der Waals surface area contributed by atoms with Crippen molar-refractivity contribution in [2.45, 2.75) is 13.3 Å². The second-order valence-corrected chi connectivity index (χ2v) is 1.28. The van der Waals surface area contributed by atoms with Crippen LogP contribution in [0.3, 0.4) is 0 Å². The summed E-state index contributed by atoms with van der Waals surface area (Å²) >= 11 is 0. The summed E-state index contributed by atoms with van der Waals surface area (Å²) in [7, 11) is 1.15. The molecule has 0 spiro atoms. The van der Waals surface area contributed by atoms with Crippen molar-refractivity contribution in [3.05, 3.63) is 0 Å². The fourth-order valence-electron chi connectivity index (χ4n) is 0.225. The van der Waals surface area contributed by atoms with Gasteiger partial charge in [0.05, 0.1) is 7.11 Å². The van der Waals surface area contributed by atoms with E-state index in [1.165, 1.54) is 6.92 Å². The summed E-state index contributed by atoms with van der Waals surface area (Å²) in [6.07, 6.45) is -1.37. The van der Waals surface area contributed by atoms with Crippen molar-refractivity contribution in [1.82, 2.24) is 0 Å². The van der Waals surface area contributed by atoms with E-state index in [-0.39, 0.29) is 0 Å². The van der Waals surface area contributed by atoms with Crippen molar-refractivity contribution in [1.29, 1.82) is 0 Å². The van der Waals surface area contributed by atoms with Gasteiger partial charge in [0, 0.05) is 1.37 Å². The van der Waals surface area contributed by atoms with E-state index in [1.807, 2.05) is 0 Å². The monoisotopic (exact) mass is 117 g/mol. The minimum Gasteiger partial charge on any atom is -0.469 e. The molecular weight excluding hydrogens is 108 g/mol. The molecule has 3 nitrogen and oxygen atoms in total. The van der Waals surface area contributed by atoms with E-state index in [9.17, 15) is 9.59 Å². The third-order valence-electron chi connectivity index (χ3n) is 0.522. The first-order valence-electron chi connectivity index (χ1n) is 2.68. The van der Waals surface area contributed by atoms with Gasteiger partial charge in [0.2, 0.25) is 0 Å². The van der Waals surface area contributed by atoms with E-state index < -0.39 is 18.1 Å². The van der Waals surface area contributed by atoms with E-state index in [0.717, 1.165) is 7.11 Å². The molecule has 0 fully saturated rings. The third kappa shape index (κ3) is 3.33. The quantitative estimate of drug-likeness (QED) is 0.381. The van der Waals surface area contributed by atoms with Crippen molar-refractivity contribution < 1.29 is 15.7 Å². The zero-order valence-electron chi connectivity index (χ0n) is 5.80. The summed E-state index contributed by atoms with van der Waals surface area (Å²) in [5, 5.41) is 0. The van der Waals surface area contributed by atoms with Crippen molar-refractivity contribution in [3.63, 3.8) is 0 Å². The Balaban J connectivity index is 3.88. The topological polar surface area (TPSA) is 43.4 Å². The van der Waals surface area contributed by atoms with Gasteiger partial charge in [0.15, 0.2) is 0 Å². The number of hydrogen-bond donors (Lipinski definition) is 0. The number of carbonyl (C=O) groups excluding carboxylic acids is 2. The number of rotatable bonds is 2. The van der Waals surface area contributed by atoms with E-state index >= 15 is 0 Å². The number of Topliss-reactive ketones (excluding diaryl/α,β-unsaturated/α-hetero) is 1. The molecule has 0 aromatic carbocycles. The molecule has 1 unspecified atom stereocenters. The third-order valence-corrected chi connectivity index (χ3v) is 0.522. The number of ketones is 1. The maximum absolute atomic E-state index is 10.3. The molecule has 0 aromatic rings. The van der Waals surface area contributed by atoms with Gasteiger partial charge in [-0.3, -0.25) is 9.59 Å². The van der Waals surface area contributed by atoms with Crippen LogP contribution in [0.1, 0.15) is 14.7 Å².